The van der Waals surface area contributed by atoms with Gasteiger partial charge in [0.15, 0.2) is 0 Å². The van der Waals surface area contributed by atoms with Crippen molar-refractivity contribution in [2.45, 2.75) is 63.3 Å². The number of aliphatic hydroxyl groups excluding tert-OH is 1. The summed E-state index contributed by atoms with van der Waals surface area (Å²) in [6.07, 6.45) is 5.16. The highest BCUT2D eigenvalue weighted by Gasteiger charge is 2.40. The Morgan fingerprint density at radius 3 is 2.32 bits per heavy atom. The van der Waals surface area contributed by atoms with E-state index in [2.05, 4.69) is 36.1 Å². The number of fused-ring (bicyclic) bond motifs is 2. The molecule has 3 heteroatoms. The van der Waals surface area contributed by atoms with Crippen molar-refractivity contribution in [2.75, 3.05) is 4.90 Å². The van der Waals surface area contributed by atoms with Crippen LogP contribution in [0.5, 0.6) is 0 Å². The molecule has 0 spiro atoms. The lowest BCUT2D eigenvalue weighted by Gasteiger charge is -2.39. The summed E-state index contributed by atoms with van der Waals surface area (Å²) < 4.78 is 0. The molecule has 0 aromatic heterocycles. The Balaban J connectivity index is 1.80. The highest BCUT2D eigenvalue weighted by atomic mass is 16.3. The Labute approximate surface area is 115 Å². The molecule has 1 aromatic carbocycles. The minimum absolute atomic E-state index is 0.0958. The van der Waals surface area contributed by atoms with Crippen LogP contribution >= 0.6 is 0 Å². The number of nitrogens with zero attached hydrogens (tertiary/aromatic N) is 1. The Morgan fingerprint density at radius 1 is 1.21 bits per heavy atom. The molecular formula is C16H24N2O. The average Bonchev–Trinajstić information content (AvgIpc) is 2.70. The summed E-state index contributed by atoms with van der Waals surface area (Å²) in [5, 5.41) is 9.86. The van der Waals surface area contributed by atoms with Gasteiger partial charge in [0.25, 0.3) is 0 Å². The predicted molar refractivity (Wildman–Crippen MR) is 78.2 cm³/mol. The molecule has 1 aromatic rings. The van der Waals surface area contributed by atoms with Crippen molar-refractivity contribution in [1.82, 2.24) is 0 Å². The summed E-state index contributed by atoms with van der Waals surface area (Å²) in [6, 6.07) is 9.93. The topological polar surface area (TPSA) is 49.5 Å². The van der Waals surface area contributed by atoms with Gasteiger partial charge in [0.1, 0.15) is 0 Å². The molecule has 0 aliphatic carbocycles. The summed E-state index contributed by atoms with van der Waals surface area (Å²) in [6.45, 7) is 2.12. The third-order valence-electron chi connectivity index (χ3n) is 4.77. The Bertz CT molecular complexity index is 417. The van der Waals surface area contributed by atoms with Gasteiger partial charge in [0, 0.05) is 23.8 Å². The smallest absolute Gasteiger partial charge is 0.0579 e. The number of piperidine rings is 1. The average molecular weight is 260 g/mol. The van der Waals surface area contributed by atoms with E-state index in [0.717, 1.165) is 19.3 Å². The lowest BCUT2D eigenvalue weighted by molar-refractivity contribution is 0.126. The highest BCUT2D eigenvalue weighted by molar-refractivity contribution is 5.51. The first-order chi connectivity index (χ1) is 9.19. The maximum atomic E-state index is 9.86. The largest absolute Gasteiger partial charge is 0.393 e. The van der Waals surface area contributed by atoms with Crippen LogP contribution in [0.15, 0.2) is 24.3 Å². The minimum atomic E-state index is -0.0958. The van der Waals surface area contributed by atoms with Crippen molar-refractivity contribution >= 4 is 5.69 Å². The van der Waals surface area contributed by atoms with Crippen LogP contribution in [0, 0.1) is 0 Å². The number of hydrogen-bond acceptors (Lipinski definition) is 3. The number of anilines is 1. The molecular weight excluding hydrogens is 236 g/mol. The molecule has 0 amide bonds. The van der Waals surface area contributed by atoms with Gasteiger partial charge in [0.05, 0.1) is 6.10 Å². The molecule has 3 N–H and O–H groups in total. The maximum Gasteiger partial charge on any atom is 0.0579 e. The van der Waals surface area contributed by atoms with Gasteiger partial charge >= 0.3 is 0 Å². The van der Waals surface area contributed by atoms with Gasteiger partial charge in [-0.05, 0) is 49.8 Å². The molecule has 0 radical (unpaired) electrons. The second-order valence-electron chi connectivity index (χ2n) is 6.02. The summed E-state index contributed by atoms with van der Waals surface area (Å²) in [4.78, 5) is 2.52. The second kappa shape index (κ2) is 5.14. The molecule has 2 fully saturated rings. The Kier molecular flexibility index (Phi) is 3.50. The lowest BCUT2D eigenvalue weighted by Crippen LogP contribution is -2.44. The molecule has 3 rings (SSSR count). The molecule has 104 valence electrons. The minimum Gasteiger partial charge on any atom is -0.393 e. The van der Waals surface area contributed by atoms with Crippen molar-refractivity contribution in [1.29, 1.82) is 0 Å². The van der Waals surface area contributed by atoms with Crippen LogP contribution in [0.3, 0.4) is 0 Å². The van der Waals surface area contributed by atoms with Crippen molar-refractivity contribution in [3.8, 4) is 0 Å². The van der Waals surface area contributed by atoms with Crippen LogP contribution in [-0.2, 0) is 0 Å². The van der Waals surface area contributed by atoms with Crippen molar-refractivity contribution < 1.29 is 5.11 Å². The van der Waals surface area contributed by atoms with Gasteiger partial charge in [-0.15, -0.1) is 0 Å². The molecule has 0 saturated carbocycles. The summed E-state index contributed by atoms with van der Waals surface area (Å²) in [5.41, 5.74) is 8.58. The predicted octanol–water partition coefficient (Wildman–Crippen LogP) is 2.59. The van der Waals surface area contributed by atoms with Crippen molar-refractivity contribution in [2.24, 2.45) is 5.73 Å². The Hall–Kier alpha value is -1.06. The zero-order chi connectivity index (χ0) is 13.4. The first-order valence-corrected chi connectivity index (χ1v) is 7.51. The van der Waals surface area contributed by atoms with E-state index >= 15 is 0 Å². The number of nitrogens with two attached hydrogens (primary N) is 1. The molecule has 2 bridgehead atoms. The van der Waals surface area contributed by atoms with Gasteiger partial charge < -0.3 is 15.7 Å². The molecule has 2 heterocycles. The molecule has 19 heavy (non-hydrogen) atoms. The monoisotopic (exact) mass is 260 g/mol. The van der Waals surface area contributed by atoms with Crippen molar-refractivity contribution in [3.63, 3.8) is 0 Å². The molecule has 3 unspecified atom stereocenters. The summed E-state index contributed by atoms with van der Waals surface area (Å²) >= 11 is 0. The number of benzene rings is 1. The van der Waals surface area contributed by atoms with Gasteiger partial charge in [-0.1, -0.05) is 19.1 Å². The van der Waals surface area contributed by atoms with E-state index < -0.39 is 0 Å². The Morgan fingerprint density at radius 2 is 1.79 bits per heavy atom. The van der Waals surface area contributed by atoms with Crippen LogP contribution in [0.2, 0.25) is 0 Å². The number of hydrogen-bond donors (Lipinski definition) is 2. The fourth-order valence-corrected chi connectivity index (χ4v) is 3.70. The van der Waals surface area contributed by atoms with E-state index in [1.54, 1.807) is 0 Å². The van der Waals surface area contributed by atoms with E-state index in [9.17, 15) is 5.11 Å². The molecule has 3 atom stereocenters. The van der Waals surface area contributed by atoms with Crippen LogP contribution in [0.4, 0.5) is 5.69 Å². The number of rotatable bonds is 3. The SMILES string of the molecule is CCC(N)c1ccc(N2C3CCC2CC(O)C3)cc1. The van der Waals surface area contributed by atoms with E-state index in [1.807, 2.05) is 0 Å². The highest BCUT2D eigenvalue weighted by Crippen LogP contribution is 2.39. The fraction of sp³-hybridized carbons (Fsp3) is 0.625. The van der Waals surface area contributed by atoms with E-state index in [4.69, 9.17) is 5.73 Å². The fourth-order valence-electron chi connectivity index (χ4n) is 3.70. The van der Waals surface area contributed by atoms with E-state index in [0.29, 0.717) is 12.1 Å². The van der Waals surface area contributed by atoms with Crippen LogP contribution in [-0.4, -0.2) is 23.3 Å². The third kappa shape index (κ3) is 2.37. The standard InChI is InChI=1S/C16H24N2O/c1-2-16(17)11-3-5-12(6-4-11)18-13-7-8-14(18)10-15(19)9-13/h3-6,13-16,19H,2,7-10,17H2,1H3. The molecule has 2 aliphatic heterocycles. The normalized spacial score (nSPS) is 31.5. The first kappa shape index (κ1) is 12.9. The van der Waals surface area contributed by atoms with Crippen molar-refractivity contribution in [3.05, 3.63) is 29.8 Å². The third-order valence-corrected chi connectivity index (χ3v) is 4.77. The van der Waals surface area contributed by atoms with Crippen LogP contribution in [0.1, 0.15) is 50.6 Å². The maximum absolute atomic E-state index is 9.86. The lowest BCUT2D eigenvalue weighted by atomic mass is 9.98. The number of aliphatic hydroxyl groups is 1. The summed E-state index contributed by atoms with van der Waals surface area (Å²) in [7, 11) is 0. The van der Waals surface area contributed by atoms with Crippen LogP contribution < -0.4 is 10.6 Å². The van der Waals surface area contributed by atoms with E-state index in [-0.39, 0.29) is 12.1 Å². The van der Waals surface area contributed by atoms with Gasteiger partial charge in [-0.25, -0.2) is 0 Å². The zero-order valence-corrected chi connectivity index (χ0v) is 11.6. The molecule has 3 nitrogen and oxygen atoms in total. The first-order valence-electron chi connectivity index (χ1n) is 7.51. The van der Waals surface area contributed by atoms with Crippen LogP contribution in [0.25, 0.3) is 0 Å². The molecule has 2 saturated heterocycles. The zero-order valence-electron chi connectivity index (χ0n) is 11.6. The summed E-state index contributed by atoms with van der Waals surface area (Å²) in [5.74, 6) is 0. The van der Waals surface area contributed by atoms with Gasteiger partial charge in [-0.2, -0.15) is 0 Å². The van der Waals surface area contributed by atoms with Gasteiger partial charge in [-0.3, -0.25) is 0 Å². The second-order valence-corrected chi connectivity index (χ2v) is 6.02. The molecule has 2 aliphatic rings. The quantitative estimate of drug-likeness (QED) is 0.878. The van der Waals surface area contributed by atoms with Gasteiger partial charge in [0.2, 0.25) is 0 Å². The van der Waals surface area contributed by atoms with E-state index in [1.165, 1.54) is 24.1 Å².